The Hall–Kier alpha value is -0.710. The molecule has 1 saturated carbocycles. The molecule has 1 atom stereocenters. The summed E-state index contributed by atoms with van der Waals surface area (Å²) >= 11 is 3.70. The minimum atomic E-state index is 0.541. The zero-order chi connectivity index (χ0) is 12.4. The van der Waals surface area contributed by atoms with Gasteiger partial charge in [0.2, 0.25) is 0 Å². The van der Waals surface area contributed by atoms with E-state index < -0.39 is 0 Å². The molecular weight excluding hydrogens is 260 g/mol. The maximum Gasteiger partial charge on any atom is 0.107 e. The standard InChI is InChI=1S/C14H18N2S2/c1-2-11-8-15-13(18-11)9-16-14(10-5-6-10)12-4-3-7-17-12/h3-4,7-8,10,14,16H,2,5-6,9H2,1H3. The van der Waals surface area contributed by atoms with Crippen molar-refractivity contribution in [2.24, 2.45) is 5.92 Å². The number of aromatic nitrogens is 1. The Morgan fingerprint density at radius 2 is 2.39 bits per heavy atom. The molecular formula is C14H18N2S2. The van der Waals surface area contributed by atoms with Crippen LogP contribution in [0.3, 0.4) is 0 Å². The van der Waals surface area contributed by atoms with E-state index in [0.29, 0.717) is 6.04 Å². The van der Waals surface area contributed by atoms with Gasteiger partial charge in [0.25, 0.3) is 0 Å². The third-order valence-corrected chi connectivity index (χ3v) is 5.46. The maximum absolute atomic E-state index is 4.48. The van der Waals surface area contributed by atoms with E-state index in [2.05, 4.69) is 34.7 Å². The van der Waals surface area contributed by atoms with Crippen molar-refractivity contribution in [1.29, 1.82) is 0 Å². The molecule has 2 aromatic rings. The van der Waals surface area contributed by atoms with Crippen molar-refractivity contribution in [2.75, 3.05) is 0 Å². The molecule has 0 aromatic carbocycles. The molecule has 0 bridgehead atoms. The Bertz CT molecular complexity index is 486. The van der Waals surface area contributed by atoms with E-state index in [-0.39, 0.29) is 0 Å². The number of aryl methyl sites for hydroxylation is 1. The van der Waals surface area contributed by atoms with Gasteiger partial charge in [-0.1, -0.05) is 13.0 Å². The van der Waals surface area contributed by atoms with Crippen LogP contribution in [0.15, 0.2) is 23.7 Å². The Kier molecular flexibility index (Phi) is 3.77. The SMILES string of the molecule is CCc1cnc(CNC(c2cccs2)C2CC2)s1. The fraction of sp³-hybridized carbons (Fsp3) is 0.500. The lowest BCUT2D eigenvalue weighted by Gasteiger charge is -2.15. The first-order valence-corrected chi connectivity index (χ1v) is 8.26. The van der Waals surface area contributed by atoms with E-state index in [1.54, 1.807) is 0 Å². The molecule has 1 N–H and O–H groups in total. The van der Waals surface area contributed by atoms with Crippen molar-refractivity contribution in [3.05, 3.63) is 38.5 Å². The van der Waals surface area contributed by atoms with Crippen molar-refractivity contribution in [1.82, 2.24) is 10.3 Å². The molecule has 1 fully saturated rings. The normalized spacial score (nSPS) is 16.9. The zero-order valence-electron chi connectivity index (χ0n) is 10.6. The number of thiazole rings is 1. The lowest BCUT2D eigenvalue weighted by atomic mass is 10.1. The van der Waals surface area contributed by atoms with Crippen LogP contribution in [-0.4, -0.2) is 4.98 Å². The average Bonchev–Trinajstić information content (AvgIpc) is 2.92. The lowest BCUT2D eigenvalue weighted by Crippen LogP contribution is -2.21. The molecule has 1 aliphatic rings. The van der Waals surface area contributed by atoms with Crippen molar-refractivity contribution in [3.63, 3.8) is 0 Å². The highest BCUT2D eigenvalue weighted by Gasteiger charge is 2.32. The number of nitrogens with one attached hydrogen (secondary N) is 1. The molecule has 2 heterocycles. The van der Waals surface area contributed by atoms with Crippen LogP contribution in [0.25, 0.3) is 0 Å². The van der Waals surface area contributed by atoms with Crippen LogP contribution in [0.1, 0.15) is 40.6 Å². The second-order valence-corrected chi connectivity index (χ2v) is 6.96. The highest BCUT2D eigenvalue weighted by atomic mass is 32.1. The van der Waals surface area contributed by atoms with Crippen LogP contribution in [0.2, 0.25) is 0 Å². The van der Waals surface area contributed by atoms with Gasteiger partial charge in [-0.15, -0.1) is 22.7 Å². The smallest absolute Gasteiger partial charge is 0.107 e. The molecule has 0 saturated heterocycles. The van der Waals surface area contributed by atoms with Crippen LogP contribution in [0, 0.1) is 5.92 Å². The summed E-state index contributed by atoms with van der Waals surface area (Å²) in [5.41, 5.74) is 0. The van der Waals surface area contributed by atoms with Gasteiger partial charge in [-0.05, 0) is 36.6 Å². The van der Waals surface area contributed by atoms with Crippen LogP contribution in [0.4, 0.5) is 0 Å². The summed E-state index contributed by atoms with van der Waals surface area (Å²) < 4.78 is 0. The molecule has 1 aliphatic carbocycles. The monoisotopic (exact) mass is 278 g/mol. The van der Waals surface area contributed by atoms with Crippen molar-refractivity contribution in [3.8, 4) is 0 Å². The molecule has 4 heteroatoms. The van der Waals surface area contributed by atoms with Gasteiger partial charge in [0, 0.05) is 28.5 Å². The third kappa shape index (κ3) is 2.82. The van der Waals surface area contributed by atoms with Crippen LogP contribution in [-0.2, 0) is 13.0 Å². The molecule has 0 amide bonds. The second-order valence-electron chi connectivity index (χ2n) is 4.79. The van der Waals surface area contributed by atoms with Crippen LogP contribution < -0.4 is 5.32 Å². The van der Waals surface area contributed by atoms with Gasteiger partial charge < -0.3 is 5.32 Å². The van der Waals surface area contributed by atoms with Gasteiger partial charge in [0.15, 0.2) is 0 Å². The first-order chi connectivity index (χ1) is 8.86. The summed E-state index contributed by atoms with van der Waals surface area (Å²) in [6, 6.07) is 4.94. The fourth-order valence-corrected chi connectivity index (χ4v) is 3.89. The second kappa shape index (κ2) is 5.51. The van der Waals surface area contributed by atoms with E-state index in [9.17, 15) is 0 Å². The van der Waals surface area contributed by atoms with Crippen LogP contribution >= 0.6 is 22.7 Å². The number of rotatable bonds is 6. The lowest BCUT2D eigenvalue weighted by molar-refractivity contribution is 0.487. The summed E-state index contributed by atoms with van der Waals surface area (Å²) in [5, 5.41) is 7.08. The average molecular weight is 278 g/mol. The van der Waals surface area contributed by atoms with Gasteiger partial charge in [0.1, 0.15) is 5.01 Å². The molecule has 1 unspecified atom stereocenters. The van der Waals surface area contributed by atoms with E-state index in [4.69, 9.17) is 0 Å². The summed E-state index contributed by atoms with van der Waals surface area (Å²) in [4.78, 5) is 7.34. The first-order valence-electron chi connectivity index (χ1n) is 6.57. The third-order valence-electron chi connectivity index (χ3n) is 3.37. The van der Waals surface area contributed by atoms with Gasteiger partial charge in [-0.3, -0.25) is 0 Å². The predicted molar refractivity (Wildman–Crippen MR) is 78.1 cm³/mol. The van der Waals surface area contributed by atoms with E-state index in [0.717, 1.165) is 18.9 Å². The van der Waals surface area contributed by atoms with Gasteiger partial charge in [0.05, 0.1) is 0 Å². The summed E-state index contributed by atoms with van der Waals surface area (Å²) in [5.74, 6) is 0.842. The predicted octanol–water partition coefficient (Wildman–Crippen LogP) is 4.01. The Morgan fingerprint density at radius 1 is 1.50 bits per heavy atom. The quantitative estimate of drug-likeness (QED) is 0.863. The van der Waals surface area contributed by atoms with E-state index in [1.165, 1.54) is 27.6 Å². The Balaban J connectivity index is 1.63. The fourth-order valence-electron chi connectivity index (χ4n) is 2.19. The molecule has 2 nitrogen and oxygen atoms in total. The maximum atomic E-state index is 4.48. The van der Waals surface area contributed by atoms with Gasteiger partial charge >= 0.3 is 0 Å². The summed E-state index contributed by atoms with van der Waals surface area (Å²) in [7, 11) is 0. The van der Waals surface area contributed by atoms with Gasteiger partial charge in [-0.25, -0.2) is 4.98 Å². The highest BCUT2D eigenvalue weighted by molar-refractivity contribution is 7.11. The van der Waals surface area contributed by atoms with Gasteiger partial charge in [-0.2, -0.15) is 0 Å². The van der Waals surface area contributed by atoms with E-state index in [1.807, 2.05) is 28.9 Å². The summed E-state index contributed by atoms with van der Waals surface area (Å²) in [6.45, 7) is 3.09. The molecule has 0 spiro atoms. The minimum Gasteiger partial charge on any atom is -0.303 e. The molecule has 2 aromatic heterocycles. The zero-order valence-corrected chi connectivity index (χ0v) is 12.2. The highest BCUT2D eigenvalue weighted by Crippen LogP contribution is 2.42. The molecule has 0 aliphatic heterocycles. The molecule has 0 radical (unpaired) electrons. The molecule has 96 valence electrons. The minimum absolute atomic E-state index is 0.541. The van der Waals surface area contributed by atoms with Crippen molar-refractivity contribution < 1.29 is 0 Å². The van der Waals surface area contributed by atoms with Crippen LogP contribution in [0.5, 0.6) is 0 Å². The Labute approximate surface area is 116 Å². The number of hydrogen-bond acceptors (Lipinski definition) is 4. The van der Waals surface area contributed by atoms with Crippen molar-refractivity contribution in [2.45, 2.75) is 38.8 Å². The summed E-state index contributed by atoms with van der Waals surface area (Å²) in [6.07, 6.45) is 5.84. The first kappa shape index (κ1) is 12.3. The number of thiophene rings is 1. The van der Waals surface area contributed by atoms with Crippen molar-refractivity contribution >= 4 is 22.7 Å². The molecule has 18 heavy (non-hydrogen) atoms. The Morgan fingerprint density at radius 3 is 3.00 bits per heavy atom. The molecule has 3 rings (SSSR count). The topological polar surface area (TPSA) is 24.9 Å². The number of nitrogens with zero attached hydrogens (tertiary/aromatic N) is 1. The largest absolute Gasteiger partial charge is 0.303 e. The van der Waals surface area contributed by atoms with E-state index >= 15 is 0 Å². The number of hydrogen-bond donors (Lipinski definition) is 1.